The highest BCUT2D eigenvalue weighted by molar-refractivity contribution is 6.79. The van der Waals surface area contributed by atoms with E-state index in [-0.39, 0.29) is 11.2 Å². The van der Waals surface area contributed by atoms with Gasteiger partial charge in [-0.1, -0.05) is 37.3 Å². The second-order valence-corrected chi connectivity index (χ2v) is 5.12. The molecule has 0 spiro atoms. The van der Waals surface area contributed by atoms with E-state index in [1.54, 1.807) is 25.1 Å². The first-order valence-corrected chi connectivity index (χ1v) is 5.56. The van der Waals surface area contributed by atoms with Crippen molar-refractivity contribution in [3.63, 3.8) is 0 Å². The van der Waals surface area contributed by atoms with Gasteiger partial charge in [0, 0.05) is 5.19 Å². The fraction of sp³-hybridized carbons (Fsp3) is 0.250. The maximum atomic E-state index is 13.0. The van der Waals surface area contributed by atoms with E-state index in [1.807, 2.05) is 0 Å². The number of halogens is 2. The molecule has 0 saturated heterocycles. The summed E-state index contributed by atoms with van der Waals surface area (Å²) in [5.74, 6) is 0. The number of rotatable bonds is 2. The molecule has 0 unspecified atom stereocenters. The molecule has 0 aliphatic rings. The van der Waals surface area contributed by atoms with Crippen LogP contribution in [0.4, 0.5) is 8.22 Å². The van der Waals surface area contributed by atoms with E-state index in [1.165, 1.54) is 12.1 Å². The second-order valence-electron chi connectivity index (χ2n) is 2.42. The predicted molar refractivity (Wildman–Crippen MR) is 44.5 cm³/mol. The molecule has 60 valence electrons. The van der Waals surface area contributed by atoms with Gasteiger partial charge in [-0.05, 0) is 6.04 Å². The average molecular weight is 172 g/mol. The van der Waals surface area contributed by atoms with Gasteiger partial charge >= 0.3 is 8.74 Å². The highest BCUT2D eigenvalue weighted by Gasteiger charge is 2.34. The number of hydrogen-bond donors (Lipinski definition) is 0. The Morgan fingerprint density at radius 1 is 1.18 bits per heavy atom. The van der Waals surface area contributed by atoms with Crippen LogP contribution in [0.2, 0.25) is 6.04 Å². The van der Waals surface area contributed by atoms with Gasteiger partial charge < -0.3 is 0 Å². The van der Waals surface area contributed by atoms with Gasteiger partial charge in [-0.15, -0.1) is 0 Å². The molecule has 3 heteroatoms. The van der Waals surface area contributed by atoms with Crippen molar-refractivity contribution in [1.29, 1.82) is 0 Å². The molecule has 11 heavy (non-hydrogen) atoms. The SMILES string of the molecule is CC[Si](F)(F)c1ccccc1. The highest BCUT2D eigenvalue weighted by atomic mass is 28.4. The monoisotopic (exact) mass is 172 g/mol. The normalized spacial score (nSPS) is 11.5. The molecule has 1 aromatic rings. The minimum Gasteiger partial charge on any atom is -0.265 e. The molecule has 0 heterocycles. The zero-order valence-electron chi connectivity index (χ0n) is 6.35. The van der Waals surface area contributed by atoms with E-state index in [2.05, 4.69) is 0 Å². The molecule has 0 bridgehead atoms. The summed E-state index contributed by atoms with van der Waals surface area (Å²) in [5.41, 5.74) is 0. The quantitative estimate of drug-likeness (QED) is 0.474. The zero-order valence-corrected chi connectivity index (χ0v) is 7.35. The molecular weight excluding hydrogens is 162 g/mol. The molecule has 0 atom stereocenters. The van der Waals surface area contributed by atoms with Crippen molar-refractivity contribution in [3.05, 3.63) is 30.3 Å². The van der Waals surface area contributed by atoms with Crippen molar-refractivity contribution < 1.29 is 8.22 Å². The average Bonchev–Trinajstić information content (AvgIpc) is 2.06. The van der Waals surface area contributed by atoms with Gasteiger partial charge in [0.05, 0.1) is 0 Å². The van der Waals surface area contributed by atoms with E-state index in [0.29, 0.717) is 0 Å². The Balaban J connectivity index is 2.93. The minimum atomic E-state index is -4.05. The predicted octanol–water partition coefficient (Wildman–Crippen LogP) is 2.29. The summed E-state index contributed by atoms with van der Waals surface area (Å²) < 4.78 is 26.0. The van der Waals surface area contributed by atoms with Gasteiger partial charge in [-0.3, -0.25) is 8.22 Å². The van der Waals surface area contributed by atoms with Gasteiger partial charge in [0.15, 0.2) is 0 Å². The van der Waals surface area contributed by atoms with Crippen LogP contribution in [0.3, 0.4) is 0 Å². The van der Waals surface area contributed by atoms with Crippen molar-refractivity contribution in [2.45, 2.75) is 13.0 Å². The lowest BCUT2D eigenvalue weighted by Gasteiger charge is -2.09. The Hall–Kier alpha value is -0.703. The van der Waals surface area contributed by atoms with Crippen LogP contribution in [-0.4, -0.2) is 8.74 Å². The molecule has 0 nitrogen and oxygen atoms in total. The fourth-order valence-electron chi connectivity index (χ4n) is 0.886. The Kier molecular flexibility index (Phi) is 2.39. The summed E-state index contributed by atoms with van der Waals surface area (Å²) in [6, 6.07) is 8.09. The highest BCUT2D eigenvalue weighted by Crippen LogP contribution is 2.11. The number of benzene rings is 1. The smallest absolute Gasteiger partial charge is 0.265 e. The molecule has 0 radical (unpaired) electrons. The van der Waals surface area contributed by atoms with Crippen LogP contribution in [-0.2, 0) is 0 Å². The zero-order chi connectivity index (χ0) is 8.32. The van der Waals surface area contributed by atoms with Crippen LogP contribution < -0.4 is 5.19 Å². The summed E-state index contributed by atoms with van der Waals surface area (Å²) in [6.07, 6.45) is 0. The first-order chi connectivity index (χ1) is 5.17. The van der Waals surface area contributed by atoms with Crippen molar-refractivity contribution in [2.75, 3.05) is 0 Å². The maximum absolute atomic E-state index is 13.0. The van der Waals surface area contributed by atoms with E-state index in [4.69, 9.17) is 0 Å². The molecule has 0 aromatic heterocycles. The van der Waals surface area contributed by atoms with Crippen LogP contribution in [0.5, 0.6) is 0 Å². The van der Waals surface area contributed by atoms with E-state index in [0.717, 1.165) is 0 Å². The van der Waals surface area contributed by atoms with Crippen molar-refractivity contribution in [2.24, 2.45) is 0 Å². The topological polar surface area (TPSA) is 0 Å². The third-order valence-corrected chi connectivity index (χ3v) is 3.71. The summed E-state index contributed by atoms with van der Waals surface area (Å²) in [4.78, 5) is 0. The Morgan fingerprint density at radius 2 is 1.73 bits per heavy atom. The summed E-state index contributed by atoms with van der Waals surface area (Å²) in [6.45, 7) is 1.54. The third kappa shape index (κ3) is 1.86. The van der Waals surface area contributed by atoms with Crippen molar-refractivity contribution in [3.8, 4) is 0 Å². The van der Waals surface area contributed by atoms with Crippen LogP contribution in [0, 0.1) is 0 Å². The second kappa shape index (κ2) is 3.13. The Bertz CT molecular complexity index is 221. The molecule has 0 aliphatic carbocycles. The first-order valence-electron chi connectivity index (χ1n) is 3.60. The van der Waals surface area contributed by atoms with E-state index >= 15 is 0 Å². The molecule has 0 aliphatic heterocycles. The molecule has 0 fully saturated rings. The molecule has 1 rings (SSSR count). The van der Waals surface area contributed by atoms with Crippen LogP contribution in [0.25, 0.3) is 0 Å². The fourth-order valence-corrected chi connectivity index (χ4v) is 1.97. The molecule has 0 N–H and O–H groups in total. The molecule has 0 amide bonds. The van der Waals surface area contributed by atoms with Crippen molar-refractivity contribution in [1.82, 2.24) is 0 Å². The van der Waals surface area contributed by atoms with Gasteiger partial charge in [-0.25, -0.2) is 0 Å². The Morgan fingerprint density at radius 3 is 2.18 bits per heavy atom. The van der Waals surface area contributed by atoms with Crippen LogP contribution in [0.15, 0.2) is 30.3 Å². The van der Waals surface area contributed by atoms with Gasteiger partial charge in [0.1, 0.15) is 0 Å². The molecule has 0 saturated carbocycles. The van der Waals surface area contributed by atoms with Gasteiger partial charge in [-0.2, -0.15) is 0 Å². The summed E-state index contributed by atoms with van der Waals surface area (Å²) >= 11 is 0. The van der Waals surface area contributed by atoms with E-state index < -0.39 is 8.74 Å². The standard InChI is InChI=1S/C8H10F2Si/c1-2-11(9,10)8-6-4-3-5-7-8/h3-7H,2H2,1H3. The molecule has 1 aromatic carbocycles. The largest absolute Gasteiger partial charge is 0.455 e. The minimum absolute atomic E-state index is 0.00296. The van der Waals surface area contributed by atoms with Gasteiger partial charge in [0.25, 0.3) is 0 Å². The number of hydrogen-bond acceptors (Lipinski definition) is 0. The molecular formula is C8H10F2Si. The third-order valence-electron chi connectivity index (χ3n) is 1.64. The van der Waals surface area contributed by atoms with Crippen LogP contribution in [0.1, 0.15) is 6.92 Å². The van der Waals surface area contributed by atoms with Crippen LogP contribution >= 0.6 is 0 Å². The summed E-state index contributed by atoms with van der Waals surface area (Å²) in [7, 11) is -4.05. The summed E-state index contributed by atoms with van der Waals surface area (Å²) in [5, 5.41) is 0.238. The lowest BCUT2D eigenvalue weighted by Crippen LogP contribution is -2.37. The van der Waals surface area contributed by atoms with Gasteiger partial charge in [0.2, 0.25) is 0 Å². The Labute approximate surface area is 66.2 Å². The first kappa shape index (κ1) is 8.39. The lowest BCUT2D eigenvalue weighted by molar-refractivity contribution is 0.625. The maximum Gasteiger partial charge on any atom is 0.455 e. The van der Waals surface area contributed by atoms with Crippen molar-refractivity contribution >= 4 is 13.9 Å². The van der Waals surface area contributed by atoms with E-state index in [9.17, 15) is 8.22 Å². The lowest BCUT2D eigenvalue weighted by atomic mass is 10.4.